The van der Waals surface area contributed by atoms with Crippen LogP contribution in [0, 0.1) is 0 Å². The van der Waals surface area contributed by atoms with Crippen molar-refractivity contribution in [2.45, 2.75) is 18.9 Å². The minimum Gasteiger partial charge on any atom is -0.486 e. The van der Waals surface area contributed by atoms with E-state index in [4.69, 9.17) is 21.1 Å². The Morgan fingerprint density at radius 3 is 2.24 bits per heavy atom. The van der Waals surface area contributed by atoms with E-state index in [0.717, 1.165) is 30.0 Å². The van der Waals surface area contributed by atoms with Crippen molar-refractivity contribution in [1.29, 1.82) is 0 Å². The highest BCUT2D eigenvalue weighted by Crippen LogP contribution is 2.39. The van der Waals surface area contributed by atoms with E-state index in [9.17, 15) is 0 Å². The molecule has 0 spiro atoms. The first-order valence-electron chi connectivity index (χ1n) is 7.22. The molecule has 0 amide bonds. The molecular weight excluding hydrogens is 286 g/mol. The summed E-state index contributed by atoms with van der Waals surface area (Å²) in [7, 11) is 0. The number of hydrogen-bond acceptors (Lipinski definition) is 3. The van der Waals surface area contributed by atoms with Crippen LogP contribution in [-0.2, 0) is 12.8 Å². The van der Waals surface area contributed by atoms with Gasteiger partial charge in [-0.25, -0.2) is 0 Å². The molecule has 1 heterocycles. The van der Waals surface area contributed by atoms with Gasteiger partial charge in [0.15, 0.2) is 11.5 Å². The van der Waals surface area contributed by atoms with E-state index in [0.29, 0.717) is 24.3 Å². The Hall–Kier alpha value is -1.87. The SMILES string of the molecule is Clc1cc2c(cc1NC1Cc3ccccc3C1)OCCO2. The van der Waals surface area contributed by atoms with Crippen LogP contribution in [0.2, 0.25) is 5.02 Å². The third-order valence-electron chi connectivity index (χ3n) is 4.04. The fourth-order valence-corrected chi connectivity index (χ4v) is 3.26. The van der Waals surface area contributed by atoms with Gasteiger partial charge in [0.2, 0.25) is 0 Å². The normalized spacial score (nSPS) is 16.6. The summed E-state index contributed by atoms with van der Waals surface area (Å²) in [5, 5.41) is 4.21. The average molecular weight is 302 g/mol. The topological polar surface area (TPSA) is 30.5 Å². The van der Waals surface area contributed by atoms with Crippen molar-refractivity contribution in [2.24, 2.45) is 0 Å². The van der Waals surface area contributed by atoms with Crippen LogP contribution in [0.3, 0.4) is 0 Å². The van der Waals surface area contributed by atoms with Crippen LogP contribution < -0.4 is 14.8 Å². The molecule has 1 aliphatic heterocycles. The van der Waals surface area contributed by atoms with Gasteiger partial charge in [0.05, 0.1) is 10.7 Å². The van der Waals surface area contributed by atoms with Crippen molar-refractivity contribution in [2.75, 3.05) is 18.5 Å². The first kappa shape index (κ1) is 12.8. The molecule has 1 aliphatic carbocycles. The van der Waals surface area contributed by atoms with Gasteiger partial charge in [0.1, 0.15) is 13.2 Å². The Labute approximate surface area is 128 Å². The van der Waals surface area contributed by atoms with Gasteiger partial charge in [-0.15, -0.1) is 0 Å². The smallest absolute Gasteiger partial charge is 0.163 e. The van der Waals surface area contributed by atoms with E-state index >= 15 is 0 Å². The molecule has 0 bridgehead atoms. The van der Waals surface area contributed by atoms with E-state index in [1.807, 2.05) is 12.1 Å². The molecule has 0 atom stereocenters. The largest absolute Gasteiger partial charge is 0.486 e. The summed E-state index contributed by atoms with van der Waals surface area (Å²) in [6, 6.07) is 12.7. The van der Waals surface area contributed by atoms with Crippen LogP contribution in [0.5, 0.6) is 11.5 Å². The van der Waals surface area contributed by atoms with Crippen molar-refractivity contribution >= 4 is 17.3 Å². The lowest BCUT2D eigenvalue weighted by molar-refractivity contribution is 0.171. The molecular formula is C17H16ClNO2. The molecule has 3 nitrogen and oxygen atoms in total. The summed E-state index contributed by atoms with van der Waals surface area (Å²) >= 11 is 6.35. The molecule has 108 valence electrons. The maximum Gasteiger partial charge on any atom is 0.163 e. The molecule has 0 unspecified atom stereocenters. The lowest BCUT2D eigenvalue weighted by atomic mass is 10.1. The first-order chi connectivity index (χ1) is 10.3. The van der Waals surface area contributed by atoms with E-state index in [-0.39, 0.29) is 0 Å². The Morgan fingerprint density at radius 1 is 0.952 bits per heavy atom. The Morgan fingerprint density at radius 2 is 1.57 bits per heavy atom. The fourth-order valence-electron chi connectivity index (χ4n) is 3.06. The maximum atomic E-state index is 6.35. The van der Waals surface area contributed by atoms with Gasteiger partial charge in [-0.1, -0.05) is 35.9 Å². The lowest BCUT2D eigenvalue weighted by Crippen LogP contribution is -2.20. The van der Waals surface area contributed by atoms with Gasteiger partial charge in [-0.05, 0) is 24.0 Å². The third-order valence-corrected chi connectivity index (χ3v) is 4.36. The molecule has 0 fully saturated rings. The summed E-state index contributed by atoms with van der Waals surface area (Å²) < 4.78 is 11.2. The number of fused-ring (bicyclic) bond motifs is 2. The number of anilines is 1. The second-order valence-corrected chi connectivity index (χ2v) is 5.90. The highest BCUT2D eigenvalue weighted by molar-refractivity contribution is 6.33. The van der Waals surface area contributed by atoms with Crippen molar-refractivity contribution in [3.8, 4) is 11.5 Å². The average Bonchev–Trinajstić information content (AvgIpc) is 2.90. The van der Waals surface area contributed by atoms with Crippen LogP contribution in [-0.4, -0.2) is 19.3 Å². The molecule has 0 saturated heterocycles. The number of ether oxygens (including phenoxy) is 2. The van der Waals surface area contributed by atoms with E-state index in [2.05, 4.69) is 29.6 Å². The van der Waals surface area contributed by atoms with Crippen molar-refractivity contribution in [3.05, 3.63) is 52.5 Å². The van der Waals surface area contributed by atoms with Gasteiger partial charge >= 0.3 is 0 Å². The molecule has 0 aromatic heterocycles. The Kier molecular flexibility index (Phi) is 3.15. The number of benzene rings is 2. The van der Waals surface area contributed by atoms with Crippen molar-refractivity contribution < 1.29 is 9.47 Å². The third kappa shape index (κ3) is 2.42. The highest BCUT2D eigenvalue weighted by atomic mass is 35.5. The van der Waals surface area contributed by atoms with Crippen molar-refractivity contribution in [3.63, 3.8) is 0 Å². The standard InChI is InChI=1S/C17H16ClNO2/c18-14-9-16-17(21-6-5-20-16)10-15(14)19-13-7-11-3-1-2-4-12(11)8-13/h1-4,9-10,13,19H,5-8H2. The molecule has 2 aromatic carbocycles. The lowest BCUT2D eigenvalue weighted by Gasteiger charge is -2.21. The number of rotatable bonds is 2. The summed E-state index contributed by atoms with van der Waals surface area (Å²) in [4.78, 5) is 0. The minimum absolute atomic E-state index is 0.377. The van der Waals surface area contributed by atoms with Crippen LogP contribution in [0.4, 0.5) is 5.69 Å². The van der Waals surface area contributed by atoms with Crippen LogP contribution in [0.1, 0.15) is 11.1 Å². The predicted molar refractivity (Wildman–Crippen MR) is 83.7 cm³/mol. The van der Waals surface area contributed by atoms with Gasteiger partial charge < -0.3 is 14.8 Å². The Bertz CT molecular complexity index is 661. The van der Waals surface area contributed by atoms with E-state index in [1.165, 1.54) is 11.1 Å². The highest BCUT2D eigenvalue weighted by Gasteiger charge is 2.22. The fraction of sp³-hybridized carbons (Fsp3) is 0.294. The molecule has 21 heavy (non-hydrogen) atoms. The van der Waals surface area contributed by atoms with Crippen molar-refractivity contribution in [1.82, 2.24) is 0 Å². The van der Waals surface area contributed by atoms with Crippen LogP contribution >= 0.6 is 11.6 Å². The van der Waals surface area contributed by atoms with Gasteiger partial charge in [-0.3, -0.25) is 0 Å². The minimum atomic E-state index is 0.377. The van der Waals surface area contributed by atoms with Gasteiger partial charge in [0.25, 0.3) is 0 Å². The van der Waals surface area contributed by atoms with E-state index < -0.39 is 0 Å². The van der Waals surface area contributed by atoms with Crippen LogP contribution in [0.15, 0.2) is 36.4 Å². The summed E-state index contributed by atoms with van der Waals surface area (Å²) in [5.74, 6) is 1.50. The quantitative estimate of drug-likeness (QED) is 0.917. The van der Waals surface area contributed by atoms with Gasteiger partial charge in [0, 0.05) is 18.2 Å². The number of halogens is 1. The first-order valence-corrected chi connectivity index (χ1v) is 7.60. The summed E-state index contributed by atoms with van der Waals surface area (Å²) in [6.07, 6.45) is 2.06. The predicted octanol–water partition coefficient (Wildman–Crippen LogP) is 3.69. The zero-order valence-corrected chi connectivity index (χ0v) is 12.3. The maximum absolute atomic E-state index is 6.35. The second-order valence-electron chi connectivity index (χ2n) is 5.49. The summed E-state index contributed by atoms with van der Waals surface area (Å²) in [6.45, 7) is 1.16. The molecule has 4 heteroatoms. The summed E-state index contributed by atoms with van der Waals surface area (Å²) in [5.41, 5.74) is 3.76. The molecule has 0 radical (unpaired) electrons. The van der Waals surface area contributed by atoms with Crippen LogP contribution in [0.25, 0.3) is 0 Å². The second kappa shape index (κ2) is 5.15. The molecule has 2 aliphatic rings. The number of hydrogen-bond donors (Lipinski definition) is 1. The number of nitrogens with one attached hydrogen (secondary N) is 1. The Balaban J connectivity index is 1.56. The van der Waals surface area contributed by atoms with Gasteiger partial charge in [-0.2, -0.15) is 0 Å². The molecule has 4 rings (SSSR count). The van der Waals surface area contributed by atoms with E-state index in [1.54, 1.807) is 0 Å². The molecule has 0 saturated carbocycles. The zero-order valence-electron chi connectivity index (χ0n) is 11.6. The monoisotopic (exact) mass is 301 g/mol. The zero-order chi connectivity index (χ0) is 14.2. The molecule has 2 aromatic rings. The molecule has 1 N–H and O–H groups in total.